The smallest absolute Gasteiger partial charge is 0.339 e. The predicted octanol–water partition coefficient (Wildman–Crippen LogP) is 2.35. The molecule has 1 atom stereocenters. The van der Waals surface area contributed by atoms with E-state index in [9.17, 15) is 4.79 Å². The van der Waals surface area contributed by atoms with E-state index >= 15 is 0 Å². The number of rotatable bonds is 3. The summed E-state index contributed by atoms with van der Waals surface area (Å²) in [6.45, 7) is 5.83. The lowest BCUT2D eigenvalue weighted by molar-refractivity contribution is -0.945. The Hall–Kier alpha value is -2.79. The van der Waals surface area contributed by atoms with Crippen LogP contribution in [0.5, 0.6) is 11.5 Å². The summed E-state index contributed by atoms with van der Waals surface area (Å²) >= 11 is 0. The van der Waals surface area contributed by atoms with E-state index in [2.05, 4.69) is 6.07 Å². The Bertz CT molecular complexity index is 1040. The van der Waals surface area contributed by atoms with Gasteiger partial charge in [0.15, 0.2) is 5.58 Å². The Labute approximate surface area is 151 Å². The summed E-state index contributed by atoms with van der Waals surface area (Å²) in [5, 5.41) is 0.975. The van der Waals surface area contributed by atoms with Gasteiger partial charge in [-0.3, -0.25) is 4.90 Å². The van der Waals surface area contributed by atoms with E-state index in [0.29, 0.717) is 17.9 Å². The van der Waals surface area contributed by atoms with Crippen LogP contribution in [0, 0.1) is 13.8 Å². The minimum atomic E-state index is -0.278. The van der Waals surface area contributed by atoms with Crippen LogP contribution in [0.2, 0.25) is 0 Å². The molecule has 2 heterocycles. The van der Waals surface area contributed by atoms with Crippen LogP contribution in [0.15, 0.2) is 45.6 Å². The monoisotopic (exact) mass is 352 g/mol. The number of para-hydroxylation sites is 1. The lowest BCUT2D eigenvalue weighted by Gasteiger charge is -2.27. The summed E-state index contributed by atoms with van der Waals surface area (Å²) in [6.07, 6.45) is 0. The van der Waals surface area contributed by atoms with Crippen molar-refractivity contribution in [3.63, 3.8) is 0 Å². The van der Waals surface area contributed by atoms with Crippen LogP contribution in [0.1, 0.15) is 22.3 Å². The van der Waals surface area contributed by atoms with Crippen LogP contribution >= 0.6 is 0 Å². The molecule has 4 rings (SSSR count). The molecule has 26 heavy (non-hydrogen) atoms. The molecule has 1 aliphatic rings. The van der Waals surface area contributed by atoms with Crippen molar-refractivity contribution in [2.24, 2.45) is 0 Å². The van der Waals surface area contributed by atoms with E-state index in [-0.39, 0.29) is 5.63 Å². The van der Waals surface area contributed by atoms with Gasteiger partial charge < -0.3 is 13.9 Å². The van der Waals surface area contributed by atoms with Crippen LogP contribution in [-0.4, -0.2) is 13.8 Å². The van der Waals surface area contributed by atoms with Crippen molar-refractivity contribution in [1.82, 2.24) is 0 Å². The third-order valence-electron chi connectivity index (χ3n) is 5.18. The molecule has 0 aliphatic carbocycles. The summed E-state index contributed by atoms with van der Waals surface area (Å²) in [5.41, 5.74) is 4.08. The second-order valence-electron chi connectivity index (χ2n) is 6.76. The van der Waals surface area contributed by atoms with E-state index in [1.54, 1.807) is 14.0 Å². The highest BCUT2D eigenvalue weighted by Crippen LogP contribution is 2.30. The molecule has 0 amide bonds. The lowest BCUT2D eigenvalue weighted by Crippen LogP contribution is -3.10. The van der Waals surface area contributed by atoms with Crippen molar-refractivity contribution >= 4 is 11.0 Å². The van der Waals surface area contributed by atoms with Crippen LogP contribution in [0.4, 0.5) is 0 Å². The van der Waals surface area contributed by atoms with E-state index < -0.39 is 0 Å². The third-order valence-corrected chi connectivity index (χ3v) is 5.18. The zero-order valence-electron chi connectivity index (χ0n) is 15.2. The number of benzene rings is 2. The van der Waals surface area contributed by atoms with Crippen molar-refractivity contribution in [2.75, 3.05) is 13.8 Å². The number of hydrogen-bond donors (Lipinski definition) is 1. The van der Waals surface area contributed by atoms with Gasteiger partial charge in [0.2, 0.25) is 6.73 Å². The van der Waals surface area contributed by atoms with Gasteiger partial charge in [-0.25, -0.2) is 4.79 Å². The molecular formula is C21H22NO4+. The summed E-state index contributed by atoms with van der Waals surface area (Å²) in [4.78, 5) is 13.4. The van der Waals surface area contributed by atoms with Crippen molar-refractivity contribution in [1.29, 1.82) is 0 Å². The molecule has 0 saturated carbocycles. The fourth-order valence-electron chi connectivity index (χ4n) is 3.56. The molecule has 1 aliphatic heterocycles. The first kappa shape index (κ1) is 16.7. The highest BCUT2D eigenvalue weighted by Gasteiger charge is 2.26. The van der Waals surface area contributed by atoms with Crippen molar-refractivity contribution in [2.45, 2.75) is 26.9 Å². The molecule has 0 radical (unpaired) electrons. The zero-order chi connectivity index (χ0) is 18.3. The summed E-state index contributed by atoms with van der Waals surface area (Å²) < 4.78 is 17.1. The Morgan fingerprint density at radius 3 is 2.73 bits per heavy atom. The Kier molecular flexibility index (Phi) is 4.17. The molecule has 0 saturated heterocycles. The summed E-state index contributed by atoms with van der Waals surface area (Å²) in [5.74, 6) is 1.68. The van der Waals surface area contributed by atoms with E-state index in [1.165, 1.54) is 4.90 Å². The lowest BCUT2D eigenvalue weighted by atomic mass is 10.0. The van der Waals surface area contributed by atoms with Gasteiger partial charge in [-0.1, -0.05) is 12.1 Å². The maximum atomic E-state index is 12.2. The molecule has 3 aromatic rings. The van der Waals surface area contributed by atoms with Gasteiger partial charge in [-0.15, -0.1) is 0 Å². The molecule has 134 valence electrons. The van der Waals surface area contributed by atoms with E-state index in [0.717, 1.165) is 46.7 Å². The van der Waals surface area contributed by atoms with Gasteiger partial charge in [0.25, 0.3) is 0 Å². The Morgan fingerprint density at radius 1 is 1.12 bits per heavy atom. The molecule has 5 heteroatoms. The summed E-state index contributed by atoms with van der Waals surface area (Å²) in [7, 11) is 1.68. The number of quaternary nitrogens is 1. The molecule has 1 aromatic heterocycles. The van der Waals surface area contributed by atoms with Gasteiger partial charge >= 0.3 is 5.63 Å². The first-order valence-corrected chi connectivity index (χ1v) is 8.72. The Morgan fingerprint density at radius 2 is 1.92 bits per heavy atom. The average Bonchev–Trinajstić information content (AvgIpc) is 2.66. The number of methoxy groups -OCH3 is 1. The van der Waals surface area contributed by atoms with Crippen LogP contribution in [0.25, 0.3) is 11.0 Å². The second kappa shape index (κ2) is 6.50. The van der Waals surface area contributed by atoms with Gasteiger partial charge in [0.05, 0.1) is 12.7 Å². The van der Waals surface area contributed by atoms with E-state index in [1.807, 2.05) is 37.3 Å². The van der Waals surface area contributed by atoms with Crippen molar-refractivity contribution in [3.05, 3.63) is 69.1 Å². The molecule has 0 fully saturated rings. The van der Waals surface area contributed by atoms with Crippen LogP contribution < -0.4 is 20.0 Å². The normalized spacial score (nSPS) is 16.2. The maximum absolute atomic E-state index is 12.2. The molecule has 2 aromatic carbocycles. The largest absolute Gasteiger partial charge is 0.496 e. The molecule has 1 unspecified atom stereocenters. The third kappa shape index (κ3) is 2.74. The number of fused-ring (bicyclic) bond motifs is 3. The molecule has 1 N–H and O–H groups in total. The Balaban J connectivity index is 1.73. The number of nitrogens with one attached hydrogen (secondary N) is 1. The molecule has 0 bridgehead atoms. The minimum absolute atomic E-state index is 0.278. The predicted molar refractivity (Wildman–Crippen MR) is 98.8 cm³/mol. The number of hydrogen-bond acceptors (Lipinski definition) is 4. The fourth-order valence-corrected chi connectivity index (χ4v) is 3.56. The molecule has 0 spiro atoms. The van der Waals surface area contributed by atoms with Crippen LogP contribution in [-0.2, 0) is 13.1 Å². The molecular weight excluding hydrogens is 330 g/mol. The van der Waals surface area contributed by atoms with Gasteiger partial charge in [0.1, 0.15) is 24.6 Å². The number of ether oxygens (including phenoxy) is 2. The van der Waals surface area contributed by atoms with E-state index in [4.69, 9.17) is 13.9 Å². The van der Waals surface area contributed by atoms with Gasteiger partial charge in [-0.05, 0) is 43.7 Å². The van der Waals surface area contributed by atoms with Crippen molar-refractivity contribution in [3.8, 4) is 11.5 Å². The highest BCUT2D eigenvalue weighted by molar-refractivity contribution is 5.85. The first-order chi connectivity index (χ1) is 12.6. The topological polar surface area (TPSA) is 53.1 Å². The zero-order valence-corrected chi connectivity index (χ0v) is 15.2. The fraction of sp³-hybridized carbons (Fsp3) is 0.286. The molecule has 5 nitrogen and oxygen atoms in total. The SMILES string of the molecule is COc1ccccc1C[NH+]1COc2ccc3c(C)c(C)c(=O)oc3c2C1. The highest BCUT2D eigenvalue weighted by atomic mass is 16.5. The quantitative estimate of drug-likeness (QED) is 0.735. The average molecular weight is 352 g/mol. The van der Waals surface area contributed by atoms with Gasteiger partial charge in [0, 0.05) is 16.5 Å². The first-order valence-electron chi connectivity index (χ1n) is 8.72. The summed E-state index contributed by atoms with van der Waals surface area (Å²) in [6, 6.07) is 12.0. The van der Waals surface area contributed by atoms with Gasteiger partial charge in [-0.2, -0.15) is 0 Å². The maximum Gasteiger partial charge on any atom is 0.339 e. The van der Waals surface area contributed by atoms with Crippen LogP contribution in [0.3, 0.4) is 0 Å². The van der Waals surface area contributed by atoms with Crippen molar-refractivity contribution < 1.29 is 18.8 Å². The number of aryl methyl sites for hydroxylation is 1. The standard InChI is InChI=1S/C21H21NO4/c1-13-14(2)21(23)26-20-16(13)8-9-19-17(20)11-22(12-25-19)10-15-6-4-5-7-18(15)24-3/h4-9H,10-12H2,1-3H3/p+1. The second-order valence-corrected chi connectivity index (χ2v) is 6.76. The minimum Gasteiger partial charge on any atom is -0.496 e.